The van der Waals surface area contributed by atoms with Crippen LogP contribution in [0.5, 0.6) is 5.75 Å². The number of nitrogens with zero attached hydrogens (tertiary/aromatic N) is 1. The Morgan fingerprint density at radius 3 is 2.89 bits per heavy atom. The van der Waals surface area contributed by atoms with Crippen molar-refractivity contribution in [1.29, 1.82) is 5.26 Å². The maximum atomic E-state index is 9.14. The second-order valence-electron chi connectivity index (χ2n) is 5.05. The summed E-state index contributed by atoms with van der Waals surface area (Å²) < 4.78 is 6.03. The molecule has 0 aliphatic heterocycles. The summed E-state index contributed by atoms with van der Waals surface area (Å²) in [7, 11) is 0. The van der Waals surface area contributed by atoms with Crippen molar-refractivity contribution in [2.24, 2.45) is 11.7 Å². The van der Waals surface area contributed by atoms with Crippen molar-refractivity contribution >= 4 is 0 Å². The second-order valence-corrected chi connectivity index (χ2v) is 5.05. The van der Waals surface area contributed by atoms with Gasteiger partial charge in [0.25, 0.3) is 0 Å². The smallest absolute Gasteiger partial charge is 0.137 e. The molecule has 2 rings (SSSR count). The van der Waals surface area contributed by atoms with Crippen LogP contribution >= 0.6 is 0 Å². The fourth-order valence-electron chi connectivity index (χ4n) is 2.60. The third-order valence-corrected chi connectivity index (χ3v) is 3.68. The number of aryl methyl sites for hydroxylation is 1. The minimum Gasteiger partial charge on any atom is -0.489 e. The Bertz CT molecular complexity index is 450. The van der Waals surface area contributed by atoms with Gasteiger partial charge in [0, 0.05) is 5.92 Å². The lowest BCUT2D eigenvalue weighted by Crippen LogP contribution is -2.35. The number of rotatable bonds is 3. The van der Waals surface area contributed by atoms with E-state index in [-0.39, 0.29) is 6.10 Å². The van der Waals surface area contributed by atoms with E-state index in [0.717, 1.165) is 18.4 Å². The third kappa shape index (κ3) is 2.83. The molecule has 1 aliphatic carbocycles. The Balaban J connectivity index is 2.15. The summed E-state index contributed by atoms with van der Waals surface area (Å²) in [5.74, 6) is 1.13. The molecule has 1 aliphatic rings. The normalized spacial score (nSPS) is 23.4. The molecule has 3 nitrogen and oxygen atoms in total. The first kappa shape index (κ1) is 12.9. The van der Waals surface area contributed by atoms with E-state index in [1.165, 1.54) is 12.8 Å². The average Bonchev–Trinajstić information content (AvgIpc) is 2.41. The van der Waals surface area contributed by atoms with Gasteiger partial charge in [-0.3, -0.25) is 0 Å². The van der Waals surface area contributed by atoms with E-state index in [4.69, 9.17) is 15.7 Å². The molecule has 2 atom stereocenters. The SMILES string of the molecule is Cc1ccc(OC2CCCCC2CN)c(C#N)c1. The predicted molar refractivity (Wildman–Crippen MR) is 71.3 cm³/mol. The zero-order valence-electron chi connectivity index (χ0n) is 10.9. The fraction of sp³-hybridized carbons (Fsp3) is 0.533. The first-order valence-corrected chi connectivity index (χ1v) is 6.62. The average molecular weight is 244 g/mol. The summed E-state index contributed by atoms with van der Waals surface area (Å²) >= 11 is 0. The van der Waals surface area contributed by atoms with Crippen molar-refractivity contribution in [3.63, 3.8) is 0 Å². The summed E-state index contributed by atoms with van der Waals surface area (Å²) in [4.78, 5) is 0. The molecule has 1 aromatic rings. The van der Waals surface area contributed by atoms with Crippen LogP contribution in [0.25, 0.3) is 0 Å². The molecule has 0 radical (unpaired) electrons. The molecular formula is C15H20N2O. The topological polar surface area (TPSA) is 59.0 Å². The number of hydrogen-bond donors (Lipinski definition) is 1. The summed E-state index contributed by atoms with van der Waals surface area (Å²) in [6.07, 6.45) is 4.77. The molecular weight excluding hydrogens is 224 g/mol. The molecule has 1 saturated carbocycles. The van der Waals surface area contributed by atoms with E-state index in [2.05, 4.69) is 6.07 Å². The molecule has 0 heterocycles. The molecule has 2 N–H and O–H groups in total. The van der Waals surface area contributed by atoms with Crippen LogP contribution in [-0.4, -0.2) is 12.6 Å². The Labute approximate surface area is 109 Å². The Hall–Kier alpha value is -1.53. The first-order chi connectivity index (χ1) is 8.74. The van der Waals surface area contributed by atoms with Gasteiger partial charge in [0.2, 0.25) is 0 Å². The molecule has 96 valence electrons. The van der Waals surface area contributed by atoms with Gasteiger partial charge in [-0.15, -0.1) is 0 Å². The van der Waals surface area contributed by atoms with Crippen molar-refractivity contribution in [3.8, 4) is 11.8 Å². The Morgan fingerprint density at radius 1 is 1.39 bits per heavy atom. The summed E-state index contributed by atoms with van der Waals surface area (Å²) in [5.41, 5.74) is 7.50. The lowest BCUT2D eigenvalue weighted by Gasteiger charge is -2.31. The van der Waals surface area contributed by atoms with Gasteiger partial charge in [0.1, 0.15) is 17.9 Å². The molecule has 0 aromatic heterocycles. The number of hydrogen-bond acceptors (Lipinski definition) is 3. The largest absolute Gasteiger partial charge is 0.489 e. The Morgan fingerprint density at radius 2 is 2.17 bits per heavy atom. The van der Waals surface area contributed by atoms with E-state index >= 15 is 0 Å². The van der Waals surface area contributed by atoms with E-state index < -0.39 is 0 Å². The van der Waals surface area contributed by atoms with Gasteiger partial charge in [-0.25, -0.2) is 0 Å². The van der Waals surface area contributed by atoms with Gasteiger partial charge in [0.05, 0.1) is 5.56 Å². The van der Waals surface area contributed by atoms with Crippen LogP contribution in [0.3, 0.4) is 0 Å². The molecule has 1 fully saturated rings. The molecule has 2 unspecified atom stereocenters. The van der Waals surface area contributed by atoms with Crippen molar-refractivity contribution in [2.45, 2.75) is 38.7 Å². The van der Waals surface area contributed by atoms with Crippen LogP contribution in [0.4, 0.5) is 0 Å². The molecule has 0 amide bonds. The monoisotopic (exact) mass is 244 g/mol. The number of nitrogens with two attached hydrogens (primary N) is 1. The Kier molecular flexibility index (Phi) is 4.22. The summed E-state index contributed by atoms with van der Waals surface area (Å²) in [6.45, 7) is 2.65. The minimum absolute atomic E-state index is 0.165. The van der Waals surface area contributed by atoms with Crippen LogP contribution in [0.1, 0.15) is 36.8 Å². The quantitative estimate of drug-likeness (QED) is 0.889. The maximum Gasteiger partial charge on any atom is 0.137 e. The predicted octanol–water partition coefficient (Wildman–Crippen LogP) is 2.76. The van der Waals surface area contributed by atoms with Gasteiger partial charge in [-0.2, -0.15) is 5.26 Å². The van der Waals surface area contributed by atoms with Gasteiger partial charge in [-0.1, -0.05) is 12.5 Å². The first-order valence-electron chi connectivity index (χ1n) is 6.62. The van der Waals surface area contributed by atoms with Gasteiger partial charge >= 0.3 is 0 Å². The van der Waals surface area contributed by atoms with E-state index in [1.807, 2.05) is 25.1 Å². The molecule has 1 aromatic carbocycles. The zero-order chi connectivity index (χ0) is 13.0. The van der Waals surface area contributed by atoms with E-state index in [9.17, 15) is 0 Å². The van der Waals surface area contributed by atoms with Crippen LogP contribution < -0.4 is 10.5 Å². The van der Waals surface area contributed by atoms with Gasteiger partial charge in [-0.05, 0) is 50.4 Å². The van der Waals surface area contributed by atoms with Crippen molar-refractivity contribution < 1.29 is 4.74 Å². The highest BCUT2D eigenvalue weighted by atomic mass is 16.5. The zero-order valence-corrected chi connectivity index (χ0v) is 10.9. The number of nitriles is 1. The highest BCUT2D eigenvalue weighted by molar-refractivity contribution is 5.45. The van der Waals surface area contributed by atoms with Crippen LogP contribution in [0.15, 0.2) is 18.2 Å². The van der Waals surface area contributed by atoms with Crippen molar-refractivity contribution in [2.75, 3.05) is 6.54 Å². The van der Waals surface area contributed by atoms with Gasteiger partial charge < -0.3 is 10.5 Å². The van der Waals surface area contributed by atoms with Gasteiger partial charge in [0.15, 0.2) is 0 Å². The lowest BCUT2D eigenvalue weighted by atomic mass is 9.86. The van der Waals surface area contributed by atoms with E-state index in [0.29, 0.717) is 23.8 Å². The van der Waals surface area contributed by atoms with Crippen molar-refractivity contribution in [3.05, 3.63) is 29.3 Å². The van der Waals surface area contributed by atoms with Crippen molar-refractivity contribution in [1.82, 2.24) is 0 Å². The summed E-state index contributed by atoms with van der Waals surface area (Å²) in [6, 6.07) is 7.95. The third-order valence-electron chi connectivity index (χ3n) is 3.68. The van der Waals surface area contributed by atoms with Crippen LogP contribution in [-0.2, 0) is 0 Å². The van der Waals surface area contributed by atoms with Crippen LogP contribution in [0.2, 0.25) is 0 Å². The minimum atomic E-state index is 0.165. The number of ether oxygens (including phenoxy) is 1. The van der Waals surface area contributed by atoms with E-state index in [1.54, 1.807) is 0 Å². The lowest BCUT2D eigenvalue weighted by molar-refractivity contribution is 0.0967. The standard InChI is InChI=1S/C15H20N2O/c1-11-6-7-15(13(8-11)10-17)18-14-5-3-2-4-12(14)9-16/h6-8,12,14H,2-5,9,16H2,1H3. The molecule has 18 heavy (non-hydrogen) atoms. The molecule has 3 heteroatoms. The summed E-state index contributed by atoms with van der Waals surface area (Å²) in [5, 5.41) is 9.14. The fourth-order valence-corrected chi connectivity index (χ4v) is 2.60. The molecule has 0 spiro atoms. The maximum absolute atomic E-state index is 9.14. The highest BCUT2D eigenvalue weighted by Crippen LogP contribution is 2.29. The highest BCUT2D eigenvalue weighted by Gasteiger charge is 2.26. The van der Waals surface area contributed by atoms with Crippen LogP contribution in [0, 0.1) is 24.2 Å². The second kappa shape index (κ2) is 5.88. The molecule has 0 bridgehead atoms. The molecule has 0 saturated heterocycles. The number of benzene rings is 1.